The largest absolute Gasteiger partial charge is 0.478 e. The van der Waals surface area contributed by atoms with E-state index in [0.29, 0.717) is 0 Å². The zero-order valence-electron chi connectivity index (χ0n) is 10.8. The van der Waals surface area contributed by atoms with Crippen molar-refractivity contribution in [2.24, 2.45) is 0 Å². The first-order chi connectivity index (χ1) is 9.06. The molecule has 19 heavy (non-hydrogen) atoms. The number of benzene rings is 1. The maximum atomic E-state index is 10.5. The van der Waals surface area contributed by atoms with E-state index < -0.39 is 5.97 Å². The fourth-order valence-corrected chi connectivity index (χ4v) is 2.57. The highest BCUT2D eigenvalue weighted by molar-refractivity contribution is 9.10. The van der Waals surface area contributed by atoms with E-state index in [2.05, 4.69) is 32.8 Å². The SMILES string of the molecule is CN1CCN(c2ccc(/C=C/C(=O)O)c(Br)c2)CC1. The number of rotatable bonds is 3. The summed E-state index contributed by atoms with van der Waals surface area (Å²) in [6.07, 6.45) is 2.75. The summed E-state index contributed by atoms with van der Waals surface area (Å²) in [5.74, 6) is -0.935. The van der Waals surface area contributed by atoms with Crippen LogP contribution in [0, 0.1) is 0 Å². The minimum absolute atomic E-state index is 0.875. The summed E-state index contributed by atoms with van der Waals surface area (Å²) in [7, 11) is 2.13. The fourth-order valence-electron chi connectivity index (χ4n) is 2.07. The van der Waals surface area contributed by atoms with Crippen molar-refractivity contribution in [2.75, 3.05) is 38.1 Å². The number of likely N-dealkylation sites (N-methyl/N-ethyl adjacent to an activating group) is 1. The van der Waals surface area contributed by atoms with Gasteiger partial charge in [0.25, 0.3) is 0 Å². The Labute approximate surface area is 121 Å². The van der Waals surface area contributed by atoms with Crippen molar-refractivity contribution in [3.8, 4) is 0 Å². The normalized spacial score (nSPS) is 17.1. The molecule has 1 aliphatic heterocycles. The van der Waals surface area contributed by atoms with Gasteiger partial charge in [-0.3, -0.25) is 0 Å². The van der Waals surface area contributed by atoms with Crippen LogP contribution in [-0.4, -0.2) is 49.2 Å². The van der Waals surface area contributed by atoms with Gasteiger partial charge in [0.2, 0.25) is 0 Å². The van der Waals surface area contributed by atoms with Crippen LogP contribution in [0.4, 0.5) is 5.69 Å². The fraction of sp³-hybridized carbons (Fsp3) is 0.357. The topological polar surface area (TPSA) is 43.8 Å². The van der Waals surface area contributed by atoms with Crippen molar-refractivity contribution in [3.05, 3.63) is 34.3 Å². The summed E-state index contributed by atoms with van der Waals surface area (Å²) in [6, 6.07) is 6.03. The van der Waals surface area contributed by atoms with Crippen molar-refractivity contribution in [3.63, 3.8) is 0 Å². The maximum absolute atomic E-state index is 10.5. The van der Waals surface area contributed by atoms with Crippen LogP contribution in [-0.2, 0) is 4.79 Å². The quantitative estimate of drug-likeness (QED) is 0.866. The number of anilines is 1. The summed E-state index contributed by atoms with van der Waals surface area (Å²) in [6.45, 7) is 4.18. The van der Waals surface area contributed by atoms with E-state index in [0.717, 1.165) is 42.3 Å². The molecule has 4 nitrogen and oxygen atoms in total. The van der Waals surface area contributed by atoms with Crippen LogP contribution in [0.25, 0.3) is 6.08 Å². The zero-order chi connectivity index (χ0) is 13.8. The monoisotopic (exact) mass is 324 g/mol. The van der Waals surface area contributed by atoms with Gasteiger partial charge in [0, 0.05) is 42.4 Å². The molecule has 1 aliphatic rings. The van der Waals surface area contributed by atoms with Gasteiger partial charge in [-0.15, -0.1) is 0 Å². The first kappa shape index (κ1) is 14.1. The third-order valence-electron chi connectivity index (χ3n) is 3.26. The highest BCUT2D eigenvalue weighted by Gasteiger charge is 2.14. The van der Waals surface area contributed by atoms with Crippen molar-refractivity contribution in [2.45, 2.75) is 0 Å². The number of carboxylic acids is 1. The number of aliphatic carboxylic acids is 1. The number of hydrogen-bond acceptors (Lipinski definition) is 3. The van der Waals surface area contributed by atoms with Gasteiger partial charge in [0.05, 0.1) is 0 Å². The Kier molecular flexibility index (Phi) is 4.61. The average Bonchev–Trinajstić information content (AvgIpc) is 2.38. The Balaban J connectivity index is 2.12. The Hall–Kier alpha value is -1.33. The predicted molar refractivity (Wildman–Crippen MR) is 80.5 cm³/mol. The van der Waals surface area contributed by atoms with Crippen molar-refractivity contribution < 1.29 is 9.90 Å². The molecule has 102 valence electrons. The zero-order valence-corrected chi connectivity index (χ0v) is 12.4. The Morgan fingerprint density at radius 2 is 2.00 bits per heavy atom. The standard InChI is InChI=1S/C14H17BrN2O2/c1-16-6-8-17(9-7-16)12-4-2-11(13(15)10-12)3-5-14(18)19/h2-5,10H,6-9H2,1H3,(H,18,19)/b5-3+. The minimum Gasteiger partial charge on any atom is -0.478 e. The molecule has 0 spiro atoms. The summed E-state index contributed by atoms with van der Waals surface area (Å²) in [5, 5.41) is 8.63. The Bertz CT molecular complexity index is 494. The number of piperazine rings is 1. The highest BCUT2D eigenvalue weighted by Crippen LogP contribution is 2.25. The molecule has 0 bridgehead atoms. The van der Waals surface area contributed by atoms with Gasteiger partial charge in [-0.25, -0.2) is 4.79 Å². The third-order valence-corrected chi connectivity index (χ3v) is 3.94. The molecular weight excluding hydrogens is 308 g/mol. The van der Waals surface area contributed by atoms with Gasteiger partial charge in [-0.2, -0.15) is 0 Å². The van der Waals surface area contributed by atoms with Crippen LogP contribution in [0.15, 0.2) is 28.7 Å². The summed E-state index contributed by atoms with van der Waals surface area (Å²) in [4.78, 5) is 15.2. The lowest BCUT2D eigenvalue weighted by atomic mass is 10.1. The predicted octanol–water partition coefficient (Wildman–Crippen LogP) is 2.30. The van der Waals surface area contributed by atoms with Crippen molar-refractivity contribution in [1.82, 2.24) is 4.90 Å². The minimum atomic E-state index is -0.935. The molecule has 0 atom stereocenters. The van der Waals surface area contributed by atoms with Crippen molar-refractivity contribution >= 4 is 33.7 Å². The molecule has 0 aromatic heterocycles. The van der Waals surface area contributed by atoms with Gasteiger partial charge < -0.3 is 14.9 Å². The molecular formula is C14H17BrN2O2. The summed E-state index contributed by atoms with van der Waals surface area (Å²) >= 11 is 3.49. The first-order valence-corrected chi connectivity index (χ1v) is 6.99. The molecule has 0 unspecified atom stereocenters. The van der Waals surface area contributed by atoms with E-state index in [1.807, 2.05) is 18.2 Å². The third kappa shape index (κ3) is 3.81. The van der Waals surface area contributed by atoms with Crippen molar-refractivity contribution in [1.29, 1.82) is 0 Å². The molecule has 1 fully saturated rings. The van der Waals surface area contributed by atoms with E-state index in [-0.39, 0.29) is 0 Å². The second-order valence-corrected chi connectivity index (χ2v) is 5.52. The maximum Gasteiger partial charge on any atom is 0.328 e. The lowest BCUT2D eigenvalue weighted by Gasteiger charge is -2.34. The molecule has 1 aromatic carbocycles. The second kappa shape index (κ2) is 6.21. The van der Waals surface area contributed by atoms with Crippen LogP contribution in [0.3, 0.4) is 0 Å². The van der Waals surface area contributed by atoms with Gasteiger partial charge >= 0.3 is 5.97 Å². The number of carboxylic acid groups (broad SMARTS) is 1. The molecule has 1 aromatic rings. The van der Waals surface area contributed by atoms with Crippen LogP contribution < -0.4 is 4.90 Å². The van der Waals surface area contributed by atoms with E-state index in [1.165, 1.54) is 5.69 Å². The lowest BCUT2D eigenvalue weighted by molar-refractivity contribution is -0.131. The number of hydrogen-bond donors (Lipinski definition) is 1. The van der Waals surface area contributed by atoms with Gasteiger partial charge in [-0.1, -0.05) is 22.0 Å². The molecule has 1 heterocycles. The first-order valence-electron chi connectivity index (χ1n) is 6.20. The molecule has 1 saturated heterocycles. The van der Waals surface area contributed by atoms with Crippen LogP contribution in [0.5, 0.6) is 0 Å². The average molecular weight is 325 g/mol. The van der Waals surface area contributed by atoms with Crippen LogP contribution in [0.1, 0.15) is 5.56 Å². The van der Waals surface area contributed by atoms with Crippen LogP contribution >= 0.6 is 15.9 Å². The molecule has 5 heteroatoms. The second-order valence-electron chi connectivity index (χ2n) is 4.67. The van der Waals surface area contributed by atoms with E-state index in [9.17, 15) is 4.79 Å². The van der Waals surface area contributed by atoms with Gasteiger partial charge in [0.1, 0.15) is 0 Å². The van der Waals surface area contributed by atoms with E-state index >= 15 is 0 Å². The van der Waals surface area contributed by atoms with Gasteiger partial charge in [0.15, 0.2) is 0 Å². The summed E-state index contributed by atoms with van der Waals surface area (Å²) in [5.41, 5.74) is 2.05. The number of halogens is 1. The van der Waals surface area contributed by atoms with E-state index in [4.69, 9.17) is 5.11 Å². The molecule has 0 saturated carbocycles. The molecule has 0 aliphatic carbocycles. The number of carbonyl (C=O) groups is 1. The molecule has 0 amide bonds. The molecule has 1 N–H and O–H groups in total. The molecule has 2 rings (SSSR count). The summed E-state index contributed by atoms with van der Waals surface area (Å²) < 4.78 is 0.918. The number of nitrogens with zero attached hydrogens (tertiary/aromatic N) is 2. The smallest absolute Gasteiger partial charge is 0.328 e. The Morgan fingerprint density at radius 3 is 2.58 bits per heavy atom. The van der Waals surface area contributed by atoms with E-state index in [1.54, 1.807) is 6.08 Å². The highest BCUT2D eigenvalue weighted by atomic mass is 79.9. The Morgan fingerprint density at radius 1 is 1.32 bits per heavy atom. The van der Waals surface area contributed by atoms with Gasteiger partial charge in [-0.05, 0) is 30.8 Å². The lowest BCUT2D eigenvalue weighted by Crippen LogP contribution is -2.44. The molecule has 0 radical (unpaired) electrons. The van der Waals surface area contributed by atoms with Crippen LogP contribution in [0.2, 0.25) is 0 Å².